The molecule has 2 N–H and O–H groups in total. The molecule has 0 saturated heterocycles. The van der Waals surface area contributed by atoms with Gasteiger partial charge in [0.25, 0.3) is 0 Å². The van der Waals surface area contributed by atoms with E-state index < -0.39 is 5.91 Å². The minimum absolute atomic E-state index is 0.458. The highest BCUT2D eigenvalue weighted by Crippen LogP contribution is 2.35. The number of ether oxygens (including phenoxy) is 1. The van der Waals surface area contributed by atoms with E-state index in [4.69, 9.17) is 14.9 Å². The lowest BCUT2D eigenvalue weighted by Crippen LogP contribution is -2.11. The molecule has 0 atom stereocenters. The number of rotatable bonds is 5. The zero-order valence-electron chi connectivity index (χ0n) is 16.4. The van der Waals surface area contributed by atoms with Crippen LogP contribution in [0.3, 0.4) is 0 Å². The minimum Gasteiger partial charge on any atom is -0.496 e. The maximum atomic E-state index is 12.1. The third kappa shape index (κ3) is 2.83. The Hall–Kier alpha value is -3.99. The summed E-state index contributed by atoms with van der Waals surface area (Å²) in [5.41, 5.74) is 9.98. The van der Waals surface area contributed by atoms with E-state index in [1.54, 1.807) is 19.4 Å². The van der Waals surface area contributed by atoms with Gasteiger partial charge in [0, 0.05) is 27.5 Å². The largest absolute Gasteiger partial charge is 0.496 e. The Balaban J connectivity index is 1.82. The maximum Gasteiger partial charge on any atom is 0.249 e. The van der Waals surface area contributed by atoms with Crippen LogP contribution in [0.4, 0.5) is 0 Å². The zero-order valence-corrected chi connectivity index (χ0v) is 16.4. The van der Waals surface area contributed by atoms with Gasteiger partial charge in [-0.05, 0) is 48.5 Å². The first-order valence-electron chi connectivity index (χ1n) is 9.59. The maximum absolute atomic E-state index is 12.1. The summed E-state index contributed by atoms with van der Waals surface area (Å²) in [6.07, 6.45) is 1.65. The number of para-hydroxylation sites is 1. The van der Waals surface area contributed by atoms with E-state index in [-0.39, 0.29) is 0 Å². The Morgan fingerprint density at radius 1 is 1.10 bits per heavy atom. The number of nitrogens with two attached hydrogens (primary N) is 1. The molecule has 2 heterocycles. The number of aromatic nitrogens is 1. The van der Waals surface area contributed by atoms with Gasteiger partial charge in [-0.1, -0.05) is 24.3 Å². The number of methoxy groups -OCH3 is 1. The van der Waals surface area contributed by atoms with Gasteiger partial charge in [-0.3, -0.25) is 4.79 Å². The van der Waals surface area contributed by atoms with E-state index in [1.165, 1.54) is 0 Å². The first kappa shape index (κ1) is 18.1. The molecule has 0 bridgehead atoms. The molecule has 1 radical (unpaired) electrons. The molecule has 5 nitrogen and oxygen atoms in total. The minimum atomic E-state index is -0.458. The highest BCUT2D eigenvalue weighted by atomic mass is 16.5. The Morgan fingerprint density at radius 3 is 2.73 bits per heavy atom. The van der Waals surface area contributed by atoms with E-state index >= 15 is 0 Å². The van der Waals surface area contributed by atoms with Crippen LogP contribution >= 0.6 is 0 Å². The number of hydrogen-bond donors (Lipinski definition) is 1. The van der Waals surface area contributed by atoms with E-state index in [2.05, 4.69) is 16.7 Å². The average Bonchev–Trinajstić information content (AvgIpc) is 3.41. The molecule has 3 aromatic carbocycles. The summed E-state index contributed by atoms with van der Waals surface area (Å²) in [4.78, 5) is 12.1. The predicted octanol–water partition coefficient (Wildman–Crippen LogP) is 5.01. The fourth-order valence-corrected chi connectivity index (χ4v) is 4.02. The van der Waals surface area contributed by atoms with Crippen LogP contribution in [0.25, 0.3) is 33.1 Å². The summed E-state index contributed by atoms with van der Waals surface area (Å²) in [7, 11) is 1.67. The van der Waals surface area contributed by atoms with E-state index in [1.807, 2.05) is 54.6 Å². The number of nitrogens with zero attached hydrogens (tertiary/aromatic N) is 1. The van der Waals surface area contributed by atoms with Crippen LogP contribution in [-0.2, 0) is 6.54 Å². The normalized spacial score (nSPS) is 11.2. The summed E-state index contributed by atoms with van der Waals surface area (Å²) in [5, 5.41) is 1.66. The molecule has 0 spiro atoms. The molecule has 30 heavy (non-hydrogen) atoms. The van der Waals surface area contributed by atoms with Crippen LogP contribution in [0.15, 0.2) is 77.4 Å². The highest BCUT2D eigenvalue weighted by Gasteiger charge is 2.18. The van der Waals surface area contributed by atoms with Gasteiger partial charge in [0.2, 0.25) is 5.91 Å². The second kappa shape index (κ2) is 7.12. The van der Waals surface area contributed by atoms with Gasteiger partial charge in [-0.25, -0.2) is 0 Å². The number of fused-ring (bicyclic) bond motifs is 3. The van der Waals surface area contributed by atoms with Gasteiger partial charge in [-0.2, -0.15) is 0 Å². The molecule has 0 aliphatic heterocycles. The Kier molecular flexibility index (Phi) is 4.29. The standard InChI is InChI=1S/C25H19N2O3/c1-29-22-9-3-2-6-17(22)15-27-20-8-4-7-19(25(26)28)24(20)18-12-11-16(14-21(18)27)23-10-5-13-30-23/h2-11,13-14H,15H2,1H3,(H2,26,28). The lowest BCUT2D eigenvalue weighted by molar-refractivity contribution is 0.100. The second-order valence-electron chi connectivity index (χ2n) is 7.09. The molecule has 5 aromatic rings. The molecule has 5 heteroatoms. The molecule has 0 aliphatic carbocycles. The topological polar surface area (TPSA) is 70.4 Å². The molecule has 147 valence electrons. The fraction of sp³-hybridized carbons (Fsp3) is 0.0800. The van der Waals surface area contributed by atoms with E-state index in [0.29, 0.717) is 12.1 Å². The average molecular weight is 395 g/mol. The summed E-state index contributed by atoms with van der Waals surface area (Å²) >= 11 is 0. The van der Waals surface area contributed by atoms with Crippen LogP contribution in [-0.4, -0.2) is 17.6 Å². The van der Waals surface area contributed by atoms with Crippen molar-refractivity contribution in [3.05, 3.63) is 90.2 Å². The van der Waals surface area contributed by atoms with Gasteiger partial charge in [-0.15, -0.1) is 0 Å². The first-order valence-corrected chi connectivity index (χ1v) is 9.59. The van der Waals surface area contributed by atoms with E-state index in [0.717, 1.165) is 44.4 Å². The molecule has 5 rings (SSSR count). The van der Waals surface area contributed by atoms with Gasteiger partial charge >= 0.3 is 0 Å². The molecule has 0 fully saturated rings. The lowest BCUT2D eigenvalue weighted by Gasteiger charge is -2.12. The Labute approximate surface area is 173 Å². The van der Waals surface area contributed by atoms with Crippen LogP contribution in [0.5, 0.6) is 5.75 Å². The van der Waals surface area contributed by atoms with Crippen molar-refractivity contribution in [1.82, 2.24) is 4.57 Å². The number of amides is 1. The van der Waals surface area contributed by atoms with Crippen molar-refractivity contribution in [2.75, 3.05) is 7.11 Å². The summed E-state index contributed by atoms with van der Waals surface area (Å²) in [6.45, 7) is 0.571. The molecule has 1 amide bonds. The van der Waals surface area contributed by atoms with Gasteiger partial charge in [0.05, 0.1) is 31.0 Å². The zero-order chi connectivity index (χ0) is 20.7. The fourth-order valence-electron chi connectivity index (χ4n) is 4.02. The van der Waals surface area contributed by atoms with Crippen molar-refractivity contribution in [1.29, 1.82) is 0 Å². The number of furan rings is 1. The summed E-state index contributed by atoms with van der Waals surface area (Å²) in [6, 6.07) is 24.6. The van der Waals surface area contributed by atoms with Crippen molar-refractivity contribution in [2.24, 2.45) is 5.73 Å². The van der Waals surface area contributed by atoms with Crippen LogP contribution in [0.2, 0.25) is 0 Å². The quantitative estimate of drug-likeness (QED) is 0.455. The Morgan fingerprint density at radius 2 is 1.97 bits per heavy atom. The van der Waals surface area contributed by atoms with Gasteiger partial charge in [0.1, 0.15) is 11.5 Å². The molecule has 0 aliphatic rings. The molecule has 0 saturated carbocycles. The van der Waals surface area contributed by atoms with Crippen LogP contribution < -0.4 is 10.5 Å². The monoisotopic (exact) mass is 395 g/mol. The third-order valence-electron chi connectivity index (χ3n) is 5.39. The lowest BCUT2D eigenvalue weighted by atomic mass is 10.0. The van der Waals surface area contributed by atoms with Crippen LogP contribution in [0, 0.1) is 6.07 Å². The number of carbonyl (C=O) groups excluding carboxylic acids is 1. The highest BCUT2D eigenvalue weighted by molar-refractivity contribution is 6.18. The van der Waals surface area contributed by atoms with Crippen LogP contribution in [0.1, 0.15) is 15.9 Å². The van der Waals surface area contributed by atoms with Crippen molar-refractivity contribution < 1.29 is 13.9 Å². The van der Waals surface area contributed by atoms with Crippen molar-refractivity contribution >= 4 is 27.7 Å². The molecule has 0 unspecified atom stereocenters. The summed E-state index contributed by atoms with van der Waals surface area (Å²) in [5.74, 6) is 1.11. The van der Waals surface area contributed by atoms with Crippen molar-refractivity contribution in [2.45, 2.75) is 6.54 Å². The van der Waals surface area contributed by atoms with Gasteiger partial charge < -0.3 is 19.5 Å². The summed E-state index contributed by atoms with van der Waals surface area (Å²) < 4.78 is 13.3. The molecule has 2 aromatic heterocycles. The number of carbonyl (C=O) groups is 1. The second-order valence-corrected chi connectivity index (χ2v) is 7.09. The smallest absolute Gasteiger partial charge is 0.249 e. The third-order valence-corrected chi connectivity index (χ3v) is 5.39. The molecular formula is C25H19N2O3. The number of benzene rings is 3. The van der Waals surface area contributed by atoms with Gasteiger partial charge in [0.15, 0.2) is 0 Å². The van der Waals surface area contributed by atoms with Crippen molar-refractivity contribution in [3.63, 3.8) is 0 Å². The Bertz CT molecular complexity index is 1380. The number of primary amides is 1. The predicted molar refractivity (Wildman–Crippen MR) is 117 cm³/mol. The SMILES string of the molecule is COc1ccccc1Cn1c2cc(-c3ccco3)c[c]c2c2c(C(N)=O)cccc21. The number of hydrogen-bond acceptors (Lipinski definition) is 3. The molecular weight excluding hydrogens is 376 g/mol. The van der Waals surface area contributed by atoms with Crippen molar-refractivity contribution in [3.8, 4) is 17.1 Å². The first-order chi connectivity index (χ1) is 14.7. The van der Waals surface area contributed by atoms with E-state index in [9.17, 15) is 4.79 Å².